The van der Waals surface area contributed by atoms with Crippen LogP contribution in [0.1, 0.15) is 66.5 Å². The topological polar surface area (TPSA) is 46.2 Å². The Bertz CT molecular complexity index is 916. The lowest BCUT2D eigenvalue weighted by Gasteiger charge is -2.32. The minimum absolute atomic E-state index is 0.413. The van der Waals surface area contributed by atoms with Gasteiger partial charge in [0.2, 0.25) is 0 Å². The monoisotopic (exact) mass is 490 g/mol. The minimum atomic E-state index is -0.772. The fourth-order valence-corrected chi connectivity index (χ4v) is 4.21. The Hall–Kier alpha value is -1.09. The molecule has 0 radical (unpaired) electrons. The summed E-state index contributed by atoms with van der Waals surface area (Å²) in [6.45, 7) is 18.1. The Labute approximate surface area is 214 Å². The molecule has 2 saturated heterocycles. The van der Waals surface area contributed by atoms with Gasteiger partial charge in [-0.05, 0) is 73.0 Å². The summed E-state index contributed by atoms with van der Waals surface area (Å²) in [5.41, 5.74) is 1.50. The molecular formula is C26H48B2N2O5+2. The molecule has 2 aliphatic heterocycles. The van der Waals surface area contributed by atoms with Gasteiger partial charge in [-0.2, -0.15) is 0 Å². The number of hydrogen-bond donors (Lipinski definition) is 0. The largest absolute Gasteiger partial charge is 0.714 e. The highest BCUT2D eigenvalue weighted by molar-refractivity contribution is 6.62. The van der Waals surface area contributed by atoms with Crippen LogP contribution in [0.5, 0.6) is 5.75 Å². The van der Waals surface area contributed by atoms with Crippen molar-refractivity contribution in [3.63, 3.8) is 0 Å². The summed E-state index contributed by atoms with van der Waals surface area (Å²) < 4.78 is 33.3. The molecule has 0 N–H and O–H groups in total. The molecule has 0 amide bonds. The van der Waals surface area contributed by atoms with Gasteiger partial charge in [-0.15, -0.1) is 0 Å². The molecule has 2 aliphatic rings. The van der Waals surface area contributed by atoms with Gasteiger partial charge >= 0.3 is 14.4 Å². The third-order valence-electron chi connectivity index (χ3n) is 7.57. The zero-order valence-corrected chi connectivity index (χ0v) is 24.7. The average molecular weight is 490 g/mol. The normalized spacial score (nSPS) is 23.1. The first-order chi connectivity index (χ1) is 15.5. The third-order valence-corrected chi connectivity index (χ3v) is 7.57. The highest BCUT2D eigenvalue weighted by Crippen LogP contribution is 2.39. The molecule has 0 aromatic heterocycles. The standard InChI is InChI=1S/C26H48B2N2O5/c1-23(2)24(3,4)33-27(32-23)21-15-20(18-30(12,13)14)22(16-19(21)17-29(9,10)11)31-28-34-25(5,6)26(7,8)35-28/h15-16H,17-18H2,1-14H3/q+2. The van der Waals surface area contributed by atoms with Crippen molar-refractivity contribution in [3.05, 3.63) is 23.3 Å². The van der Waals surface area contributed by atoms with E-state index in [4.69, 9.17) is 23.3 Å². The van der Waals surface area contributed by atoms with E-state index in [1.54, 1.807) is 0 Å². The Morgan fingerprint density at radius 3 is 1.46 bits per heavy atom. The van der Waals surface area contributed by atoms with Crippen molar-refractivity contribution in [1.29, 1.82) is 0 Å². The zero-order chi connectivity index (χ0) is 26.8. The van der Waals surface area contributed by atoms with Crippen molar-refractivity contribution in [3.8, 4) is 5.75 Å². The summed E-state index contributed by atoms with van der Waals surface area (Å²) in [4.78, 5) is 0. The maximum atomic E-state index is 6.49. The highest BCUT2D eigenvalue weighted by Gasteiger charge is 2.55. The predicted molar refractivity (Wildman–Crippen MR) is 142 cm³/mol. The third kappa shape index (κ3) is 6.25. The summed E-state index contributed by atoms with van der Waals surface area (Å²) >= 11 is 0. The summed E-state index contributed by atoms with van der Waals surface area (Å²) in [6.07, 6.45) is 0. The van der Waals surface area contributed by atoms with Crippen molar-refractivity contribution in [2.75, 3.05) is 42.3 Å². The zero-order valence-electron chi connectivity index (χ0n) is 24.7. The van der Waals surface area contributed by atoms with Crippen molar-refractivity contribution in [2.24, 2.45) is 0 Å². The molecule has 0 spiro atoms. The molecule has 35 heavy (non-hydrogen) atoms. The lowest BCUT2D eigenvalue weighted by molar-refractivity contribution is -0.884. The van der Waals surface area contributed by atoms with Gasteiger partial charge in [0.15, 0.2) is 0 Å². The highest BCUT2D eigenvalue weighted by atomic mass is 16.8. The maximum Gasteiger partial charge on any atom is 0.714 e. The summed E-state index contributed by atoms with van der Waals surface area (Å²) in [6, 6.07) is 4.34. The van der Waals surface area contributed by atoms with E-state index in [-0.39, 0.29) is 0 Å². The first-order valence-corrected chi connectivity index (χ1v) is 12.7. The van der Waals surface area contributed by atoms with E-state index in [2.05, 4.69) is 82.1 Å². The van der Waals surface area contributed by atoms with Gasteiger partial charge in [-0.1, -0.05) is 0 Å². The van der Waals surface area contributed by atoms with Gasteiger partial charge < -0.3 is 32.2 Å². The van der Waals surface area contributed by atoms with E-state index in [9.17, 15) is 0 Å². The molecule has 0 bridgehead atoms. The van der Waals surface area contributed by atoms with E-state index in [0.717, 1.165) is 44.4 Å². The molecule has 0 aliphatic carbocycles. The molecule has 1 aromatic carbocycles. The van der Waals surface area contributed by atoms with Gasteiger partial charge in [0, 0.05) is 11.1 Å². The van der Waals surface area contributed by atoms with Gasteiger partial charge in [0.05, 0.1) is 64.7 Å². The van der Waals surface area contributed by atoms with Crippen LogP contribution < -0.4 is 10.1 Å². The molecule has 7 nitrogen and oxygen atoms in total. The van der Waals surface area contributed by atoms with Gasteiger partial charge in [0.1, 0.15) is 18.8 Å². The lowest BCUT2D eigenvalue weighted by Crippen LogP contribution is -2.42. The maximum absolute atomic E-state index is 6.49. The fraction of sp³-hybridized carbons (Fsp3) is 0.769. The molecule has 196 valence electrons. The lowest BCUT2D eigenvalue weighted by atomic mass is 9.74. The second-order valence-corrected chi connectivity index (χ2v) is 14.3. The Morgan fingerprint density at radius 2 is 1.03 bits per heavy atom. The minimum Gasteiger partial charge on any atom is -0.511 e. The second-order valence-electron chi connectivity index (χ2n) is 14.3. The second kappa shape index (κ2) is 8.74. The number of quaternary nitrogens is 2. The van der Waals surface area contributed by atoms with E-state index in [1.165, 1.54) is 0 Å². The summed E-state index contributed by atoms with van der Waals surface area (Å²) in [5, 5.41) is 0. The number of nitrogens with zero attached hydrogens (tertiary/aromatic N) is 2. The van der Waals surface area contributed by atoms with Crippen molar-refractivity contribution < 1.29 is 32.2 Å². The molecule has 0 atom stereocenters. The molecule has 2 fully saturated rings. The molecule has 2 heterocycles. The van der Waals surface area contributed by atoms with Crippen LogP contribution in [0.3, 0.4) is 0 Å². The molecule has 3 rings (SSSR count). The van der Waals surface area contributed by atoms with E-state index < -0.39 is 36.8 Å². The predicted octanol–water partition coefficient (Wildman–Crippen LogP) is 3.37. The number of rotatable bonds is 7. The molecule has 1 aromatic rings. The first-order valence-electron chi connectivity index (χ1n) is 12.7. The number of benzene rings is 1. The SMILES string of the molecule is CC1(C)OB(Oc2cc(C[N+](C)(C)C)c(B3OC(C)(C)C(C)(C)O3)cc2C[N+](C)(C)C)OC1(C)C. The van der Waals surface area contributed by atoms with Crippen molar-refractivity contribution in [2.45, 2.75) is 90.9 Å². The summed E-state index contributed by atoms with van der Waals surface area (Å²) in [7, 11) is 11.9. The summed E-state index contributed by atoms with van der Waals surface area (Å²) in [5.74, 6) is 0.778. The van der Waals surface area contributed by atoms with Gasteiger partial charge in [-0.3, -0.25) is 0 Å². The van der Waals surface area contributed by atoms with Crippen molar-refractivity contribution in [1.82, 2.24) is 0 Å². The Morgan fingerprint density at radius 1 is 0.629 bits per heavy atom. The van der Waals surface area contributed by atoms with Crippen LogP contribution in [0.4, 0.5) is 0 Å². The van der Waals surface area contributed by atoms with Gasteiger partial charge in [-0.25, -0.2) is 0 Å². The molecule has 0 saturated carbocycles. The van der Waals surface area contributed by atoms with Crippen LogP contribution in [-0.2, 0) is 31.7 Å². The quantitative estimate of drug-likeness (QED) is 0.434. The van der Waals surface area contributed by atoms with Gasteiger partial charge in [0.25, 0.3) is 0 Å². The Kier molecular flexibility index (Phi) is 7.11. The molecular weight excluding hydrogens is 442 g/mol. The van der Waals surface area contributed by atoms with Crippen molar-refractivity contribution >= 4 is 19.9 Å². The van der Waals surface area contributed by atoms with Crippen LogP contribution in [0.2, 0.25) is 0 Å². The smallest absolute Gasteiger partial charge is 0.511 e. The fourth-order valence-electron chi connectivity index (χ4n) is 4.21. The van der Waals surface area contributed by atoms with E-state index in [1.807, 2.05) is 27.7 Å². The van der Waals surface area contributed by atoms with Crippen LogP contribution >= 0.6 is 0 Å². The van der Waals surface area contributed by atoms with Crippen LogP contribution in [0, 0.1) is 0 Å². The van der Waals surface area contributed by atoms with E-state index >= 15 is 0 Å². The molecule has 0 unspecified atom stereocenters. The first kappa shape index (κ1) is 28.5. The average Bonchev–Trinajstić information content (AvgIpc) is 2.93. The van der Waals surface area contributed by atoms with Crippen LogP contribution in [-0.4, -0.2) is 88.1 Å². The Balaban J connectivity index is 2.09. The molecule has 9 heteroatoms. The number of hydrogen-bond acceptors (Lipinski definition) is 5. The van der Waals surface area contributed by atoms with Crippen LogP contribution in [0.15, 0.2) is 12.1 Å². The van der Waals surface area contributed by atoms with Crippen LogP contribution in [0.25, 0.3) is 0 Å². The van der Waals surface area contributed by atoms with E-state index in [0.29, 0.717) is 0 Å².